The van der Waals surface area contributed by atoms with Gasteiger partial charge in [0, 0.05) is 12.1 Å². The maximum atomic E-state index is 12.2. The van der Waals surface area contributed by atoms with E-state index in [-0.39, 0.29) is 30.1 Å². The molecule has 130 valence electrons. The molecule has 0 heterocycles. The number of rotatable bonds is 8. The van der Waals surface area contributed by atoms with E-state index in [1.54, 1.807) is 31.4 Å². The third-order valence-electron chi connectivity index (χ3n) is 3.27. The molecule has 1 atom stereocenters. The predicted octanol–water partition coefficient (Wildman–Crippen LogP) is 1.34. The zero-order valence-electron chi connectivity index (χ0n) is 13.8. The van der Waals surface area contributed by atoms with Gasteiger partial charge in [-0.25, -0.2) is 0 Å². The Bertz CT molecular complexity index is 492. The van der Waals surface area contributed by atoms with Gasteiger partial charge in [0.25, 0.3) is 5.91 Å². The molecular weight excluding hydrogens is 318 g/mol. The SMILES string of the molecule is COc1ccc(C(=O)NC(C(=O)NCCCN)C(C)C)cc1.Cl. The lowest BCUT2D eigenvalue weighted by atomic mass is 10.0. The number of amides is 2. The van der Waals surface area contributed by atoms with E-state index in [2.05, 4.69) is 10.6 Å². The summed E-state index contributed by atoms with van der Waals surface area (Å²) in [6.45, 7) is 4.81. The first kappa shape index (κ1) is 21.2. The summed E-state index contributed by atoms with van der Waals surface area (Å²) in [5.74, 6) is 0.192. The van der Waals surface area contributed by atoms with Crippen LogP contribution < -0.4 is 21.1 Å². The van der Waals surface area contributed by atoms with Crippen molar-refractivity contribution < 1.29 is 14.3 Å². The third kappa shape index (κ3) is 6.88. The van der Waals surface area contributed by atoms with E-state index in [1.807, 2.05) is 13.8 Å². The van der Waals surface area contributed by atoms with Crippen LogP contribution in [-0.2, 0) is 4.79 Å². The van der Waals surface area contributed by atoms with Gasteiger partial charge < -0.3 is 21.1 Å². The number of hydrogen-bond donors (Lipinski definition) is 3. The van der Waals surface area contributed by atoms with Crippen molar-refractivity contribution in [3.63, 3.8) is 0 Å². The quantitative estimate of drug-likeness (QED) is 0.621. The molecule has 2 amide bonds. The third-order valence-corrected chi connectivity index (χ3v) is 3.27. The molecule has 1 aromatic rings. The van der Waals surface area contributed by atoms with Crippen LogP contribution in [0.4, 0.5) is 0 Å². The lowest BCUT2D eigenvalue weighted by Crippen LogP contribution is -2.50. The normalized spacial score (nSPS) is 11.3. The summed E-state index contributed by atoms with van der Waals surface area (Å²) in [6, 6.07) is 6.17. The van der Waals surface area contributed by atoms with Crippen LogP contribution in [0.15, 0.2) is 24.3 Å². The molecule has 0 spiro atoms. The second-order valence-corrected chi connectivity index (χ2v) is 5.36. The highest BCUT2D eigenvalue weighted by Crippen LogP contribution is 2.12. The minimum Gasteiger partial charge on any atom is -0.497 e. The Morgan fingerprint density at radius 1 is 1.22 bits per heavy atom. The van der Waals surface area contributed by atoms with Crippen LogP contribution in [0, 0.1) is 5.92 Å². The van der Waals surface area contributed by atoms with Gasteiger partial charge >= 0.3 is 0 Å². The number of benzene rings is 1. The Hall–Kier alpha value is -1.79. The Morgan fingerprint density at radius 2 is 1.83 bits per heavy atom. The van der Waals surface area contributed by atoms with Crippen LogP contribution in [0.3, 0.4) is 0 Å². The van der Waals surface area contributed by atoms with Gasteiger partial charge in [-0.2, -0.15) is 0 Å². The Labute approximate surface area is 143 Å². The zero-order valence-corrected chi connectivity index (χ0v) is 14.6. The predicted molar refractivity (Wildman–Crippen MR) is 93.0 cm³/mol. The van der Waals surface area contributed by atoms with Crippen LogP contribution in [0.5, 0.6) is 5.75 Å². The second kappa shape index (κ2) is 10.9. The van der Waals surface area contributed by atoms with Crippen LogP contribution in [0.2, 0.25) is 0 Å². The molecule has 1 unspecified atom stereocenters. The van der Waals surface area contributed by atoms with Gasteiger partial charge in [0.2, 0.25) is 5.91 Å². The number of carbonyl (C=O) groups is 2. The van der Waals surface area contributed by atoms with Gasteiger partial charge in [-0.3, -0.25) is 9.59 Å². The molecular formula is C16H26ClN3O3. The summed E-state index contributed by atoms with van der Waals surface area (Å²) in [5, 5.41) is 5.56. The maximum absolute atomic E-state index is 12.2. The number of ether oxygens (including phenoxy) is 1. The van der Waals surface area contributed by atoms with Crippen LogP contribution in [0.25, 0.3) is 0 Å². The number of halogens is 1. The lowest BCUT2D eigenvalue weighted by Gasteiger charge is -2.21. The molecule has 0 radical (unpaired) electrons. The minimum atomic E-state index is -0.577. The summed E-state index contributed by atoms with van der Waals surface area (Å²) in [6.07, 6.45) is 0.711. The summed E-state index contributed by atoms with van der Waals surface area (Å²) in [4.78, 5) is 24.4. The lowest BCUT2D eigenvalue weighted by molar-refractivity contribution is -0.123. The molecule has 23 heavy (non-hydrogen) atoms. The largest absolute Gasteiger partial charge is 0.497 e. The summed E-state index contributed by atoms with van der Waals surface area (Å²) < 4.78 is 5.06. The van der Waals surface area contributed by atoms with Crippen molar-refractivity contribution in [2.45, 2.75) is 26.3 Å². The monoisotopic (exact) mass is 343 g/mol. The first-order valence-corrected chi connectivity index (χ1v) is 7.42. The van der Waals surface area contributed by atoms with Crippen LogP contribution in [-0.4, -0.2) is 38.1 Å². The van der Waals surface area contributed by atoms with Crippen LogP contribution >= 0.6 is 12.4 Å². The van der Waals surface area contributed by atoms with E-state index in [4.69, 9.17) is 10.5 Å². The molecule has 0 saturated carbocycles. The highest BCUT2D eigenvalue weighted by Gasteiger charge is 2.24. The van der Waals surface area contributed by atoms with E-state index < -0.39 is 6.04 Å². The van der Waals surface area contributed by atoms with Crippen molar-refractivity contribution in [2.75, 3.05) is 20.2 Å². The smallest absolute Gasteiger partial charge is 0.251 e. The Morgan fingerprint density at radius 3 is 2.30 bits per heavy atom. The zero-order chi connectivity index (χ0) is 16.5. The van der Waals surface area contributed by atoms with Gasteiger partial charge in [-0.05, 0) is 43.1 Å². The number of methoxy groups -OCH3 is 1. The molecule has 0 aliphatic carbocycles. The maximum Gasteiger partial charge on any atom is 0.251 e. The number of nitrogens with two attached hydrogens (primary N) is 1. The molecule has 1 aromatic carbocycles. The van der Waals surface area contributed by atoms with Gasteiger partial charge in [-0.15, -0.1) is 12.4 Å². The average molecular weight is 344 g/mol. The molecule has 1 rings (SSSR count). The summed E-state index contributed by atoms with van der Waals surface area (Å²) in [7, 11) is 1.57. The molecule has 7 heteroatoms. The fraction of sp³-hybridized carbons (Fsp3) is 0.500. The van der Waals surface area contributed by atoms with E-state index in [1.165, 1.54) is 0 Å². The minimum absolute atomic E-state index is 0. The Balaban J connectivity index is 0.00000484. The highest BCUT2D eigenvalue weighted by atomic mass is 35.5. The van der Waals surface area contributed by atoms with Crippen LogP contribution in [0.1, 0.15) is 30.6 Å². The van der Waals surface area contributed by atoms with Crippen molar-refractivity contribution in [3.05, 3.63) is 29.8 Å². The van der Waals surface area contributed by atoms with Crippen molar-refractivity contribution >= 4 is 24.2 Å². The molecule has 6 nitrogen and oxygen atoms in total. The molecule has 0 aliphatic heterocycles. The van der Waals surface area contributed by atoms with Gasteiger partial charge in [-0.1, -0.05) is 13.8 Å². The number of nitrogens with one attached hydrogen (secondary N) is 2. The average Bonchev–Trinajstić information content (AvgIpc) is 2.52. The fourth-order valence-corrected chi connectivity index (χ4v) is 1.93. The molecule has 0 bridgehead atoms. The number of hydrogen-bond acceptors (Lipinski definition) is 4. The fourth-order valence-electron chi connectivity index (χ4n) is 1.93. The second-order valence-electron chi connectivity index (χ2n) is 5.36. The van der Waals surface area contributed by atoms with E-state index in [9.17, 15) is 9.59 Å². The van der Waals surface area contributed by atoms with E-state index in [0.29, 0.717) is 30.8 Å². The van der Waals surface area contributed by atoms with Crippen molar-refractivity contribution in [2.24, 2.45) is 11.7 Å². The molecule has 0 aromatic heterocycles. The molecule has 4 N–H and O–H groups in total. The summed E-state index contributed by atoms with van der Waals surface area (Å²) >= 11 is 0. The van der Waals surface area contributed by atoms with Gasteiger partial charge in [0.1, 0.15) is 11.8 Å². The molecule has 0 aliphatic rings. The summed E-state index contributed by atoms with van der Waals surface area (Å²) in [5.41, 5.74) is 5.89. The standard InChI is InChI=1S/C16H25N3O3.ClH/c1-11(2)14(16(21)18-10-4-9-17)19-15(20)12-5-7-13(22-3)8-6-12;/h5-8,11,14H,4,9-10,17H2,1-3H3,(H,18,21)(H,19,20);1H. The van der Waals surface area contributed by atoms with Crippen molar-refractivity contribution in [3.8, 4) is 5.75 Å². The van der Waals surface area contributed by atoms with Crippen molar-refractivity contribution in [1.29, 1.82) is 0 Å². The number of carbonyl (C=O) groups excluding carboxylic acids is 2. The first-order chi connectivity index (χ1) is 10.5. The van der Waals surface area contributed by atoms with E-state index >= 15 is 0 Å². The van der Waals surface area contributed by atoms with E-state index in [0.717, 1.165) is 0 Å². The Kier molecular flexibility index (Phi) is 10.0. The first-order valence-electron chi connectivity index (χ1n) is 7.42. The topological polar surface area (TPSA) is 93.4 Å². The molecule has 0 saturated heterocycles. The van der Waals surface area contributed by atoms with Gasteiger partial charge in [0.15, 0.2) is 0 Å². The van der Waals surface area contributed by atoms with Gasteiger partial charge in [0.05, 0.1) is 7.11 Å². The molecule has 0 fully saturated rings. The van der Waals surface area contributed by atoms with Crippen molar-refractivity contribution in [1.82, 2.24) is 10.6 Å². The highest BCUT2D eigenvalue weighted by molar-refractivity contribution is 5.97.